The number of nitrogens with zero attached hydrogens (tertiary/aromatic N) is 2. The Labute approximate surface area is 176 Å². The number of aromatic nitrogens is 2. The first-order valence-corrected chi connectivity index (χ1v) is 10.6. The normalized spacial score (nSPS) is 13.3. The Hall–Kier alpha value is -3.08. The summed E-state index contributed by atoms with van der Waals surface area (Å²) in [5.41, 5.74) is 5.54. The summed E-state index contributed by atoms with van der Waals surface area (Å²) in [5.74, 6) is 0.201. The lowest BCUT2D eigenvalue weighted by Gasteiger charge is -2.21. The summed E-state index contributed by atoms with van der Waals surface area (Å²) in [6, 6.07) is 15.0. The summed E-state index contributed by atoms with van der Waals surface area (Å²) in [7, 11) is 0. The van der Waals surface area contributed by atoms with Gasteiger partial charge in [0.25, 0.3) is 0 Å². The molecule has 30 heavy (non-hydrogen) atoms. The summed E-state index contributed by atoms with van der Waals surface area (Å²) in [6.45, 7) is 3.91. The molecule has 1 aromatic heterocycles. The van der Waals surface area contributed by atoms with Crippen LogP contribution in [0.4, 0.5) is 10.2 Å². The molecule has 1 aliphatic carbocycles. The van der Waals surface area contributed by atoms with Crippen molar-refractivity contribution in [3.05, 3.63) is 76.9 Å². The fourth-order valence-electron chi connectivity index (χ4n) is 3.76. The van der Waals surface area contributed by atoms with E-state index in [1.807, 2.05) is 32.0 Å². The maximum atomic E-state index is 13.7. The third kappa shape index (κ3) is 4.25. The molecular weight excluding hydrogens is 377 g/mol. The molecule has 1 unspecified atom stereocenters. The lowest BCUT2D eigenvalue weighted by molar-refractivity contribution is -0.119. The summed E-state index contributed by atoms with van der Waals surface area (Å²) in [5, 5.41) is 3.01. The van der Waals surface area contributed by atoms with Gasteiger partial charge in [-0.2, -0.15) is 0 Å². The lowest BCUT2D eigenvalue weighted by Crippen LogP contribution is -2.23. The van der Waals surface area contributed by atoms with Crippen LogP contribution in [-0.2, 0) is 30.5 Å². The van der Waals surface area contributed by atoms with Gasteiger partial charge in [-0.3, -0.25) is 4.79 Å². The number of halogens is 1. The number of hydrogen-bond donors (Lipinski definition) is 1. The number of amides is 1. The number of nitrogens with one attached hydrogen (secondary N) is 1. The van der Waals surface area contributed by atoms with Crippen molar-refractivity contribution in [1.82, 2.24) is 9.97 Å². The minimum Gasteiger partial charge on any atom is -0.309 e. The standard InChI is InChI=1S/C25H26FN3O/c1-3-16(2)25(30)29-24-22(13-9-17-7-5-4-6-8-17)27-23-20-12-11-19(26)15-18(20)10-14-21(23)28-24/h4-8,11-12,15-16H,3,9-10,13-14H2,1-2H3,(H,28,29,30). The number of hydrogen-bond acceptors (Lipinski definition) is 3. The molecule has 0 saturated carbocycles. The van der Waals surface area contributed by atoms with E-state index < -0.39 is 0 Å². The van der Waals surface area contributed by atoms with E-state index in [0.29, 0.717) is 18.7 Å². The maximum absolute atomic E-state index is 13.7. The zero-order valence-corrected chi connectivity index (χ0v) is 17.4. The molecule has 1 amide bonds. The zero-order valence-electron chi connectivity index (χ0n) is 17.4. The molecule has 0 aliphatic heterocycles. The fraction of sp³-hybridized carbons (Fsp3) is 0.320. The summed E-state index contributed by atoms with van der Waals surface area (Å²) in [6.07, 6.45) is 3.64. The Bertz CT molecular complexity index is 1070. The van der Waals surface area contributed by atoms with Gasteiger partial charge in [0.15, 0.2) is 5.82 Å². The van der Waals surface area contributed by atoms with E-state index in [-0.39, 0.29) is 17.6 Å². The van der Waals surface area contributed by atoms with Crippen molar-refractivity contribution in [2.24, 2.45) is 5.92 Å². The predicted molar refractivity (Wildman–Crippen MR) is 117 cm³/mol. The number of carbonyl (C=O) groups excluding carboxylic acids is 1. The number of carbonyl (C=O) groups is 1. The van der Waals surface area contributed by atoms with Crippen LogP contribution in [0.3, 0.4) is 0 Å². The minimum atomic E-state index is -0.230. The molecular formula is C25H26FN3O. The second-order valence-corrected chi connectivity index (χ2v) is 7.90. The van der Waals surface area contributed by atoms with Crippen molar-refractivity contribution in [3.63, 3.8) is 0 Å². The van der Waals surface area contributed by atoms with E-state index in [1.165, 1.54) is 11.6 Å². The van der Waals surface area contributed by atoms with E-state index in [2.05, 4.69) is 17.4 Å². The van der Waals surface area contributed by atoms with Crippen molar-refractivity contribution < 1.29 is 9.18 Å². The Kier molecular flexibility index (Phi) is 5.88. The molecule has 0 bridgehead atoms. The monoisotopic (exact) mass is 403 g/mol. The van der Waals surface area contributed by atoms with Crippen LogP contribution in [-0.4, -0.2) is 15.9 Å². The Morgan fingerprint density at radius 3 is 2.67 bits per heavy atom. The van der Waals surface area contributed by atoms with Crippen LogP contribution in [0, 0.1) is 11.7 Å². The van der Waals surface area contributed by atoms with Crippen LogP contribution in [0.15, 0.2) is 48.5 Å². The molecule has 1 N–H and O–H groups in total. The molecule has 0 saturated heterocycles. The first kappa shape index (κ1) is 20.2. The van der Waals surface area contributed by atoms with Gasteiger partial charge in [0.05, 0.1) is 17.1 Å². The van der Waals surface area contributed by atoms with Crippen molar-refractivity contribution in [2.75, 3.05) is 5.32 Å². The first-order valence-electron chi connectivity index (χ1n) is 10.6. The summed E-state index contributed by atoms with van der Waals surface area (Å²) < 4.78 is 13.7. The third-order valence-corrected chi connectivity index (χ3v) is 5.79. The third-order valence-electron chi connectivity index (χ3n) is 5.79. The van der Waals surface area contributed by atoms with Gasteiger partial charge >= 0.3 is 0 Å². The van der Waals surface area contributed by atoms with Crippen molar-refractivity contribution >= 4 is 11.7 Å². The molecule has 0 radical (unpaired) electrons. The smallest absolute Gasteiger partial charge is 0.228 e. The van der Waals surface area contributed by atoms with E-state index >= 15 is 0 Å². The SMILES string of the molecule is CCC(C)C(=O)Nc1nc2c(nc1CCc1ccccc1)-c1ccc(F)cc1CC2. The highest BCUT2D eigenvalue weighted by Crippen LogP contribution is 2.33. The van der Waals surface area contributed by atoms with E-state index in [1.54, 1.807) is 12.1 Å². The average Bonchev–Trinajstić information content (AvgIpc) is 2.77. The highest BCUT2D eigenvalue weighted by atomic mass is 19.1. The summed E-state index contributed by atoms with van der Waals surface area (Å²) in [4.78, 5) is 22.3. The molecule has 2 aromatic carbocycles. The van der Waals surface area contributed by atoms with Crippen LogP contribution in [0.25, 0.3) is 11.3 Å². The largest absolute Gasteiger partial charge is 0.309 e. The molecule has 4 nitrogen and oxygen atoms in total. The summed E-state index contributed by atoms with van der Waals surface area (Å²) >= 11 is 0. The maximum Gasteiger partial charge on any atom is 0.228 e. The van der Waals surface area contributed by atoms with Gasteiger partial charge in [0.1, 0.15) is 5.82 Å². The molecule has 0 fully saturated rings. The Morgan fingerprint density at radius 1 is 1.10 bits per heavy atom. The molecule has 1 heterocycles. The second kappa shape index (κ2) is 8.74. The minimum absolute atomic E-state index is 0.0361. The Morgan fingerprint density at radius 2 is 1.90 bits per heavy atom. The lowest BCUT2D eigenvalue weighted by atomic mass is 9.91. The predicted octanol–water partition coefficient (Wildman–Crippen LogP) is 5.15. The Balaban J connectivity index is 1.71. The van der Waals surface area contributed by atoms with Crippen molar-refractivity contribution in [2.45, 2.75) is 46.0 Å². The van der Waals surface area contributed by atoms with Crippen molar-refractivity contribution in [3.8, 4) is 11.3 Å². The van der Waals surface area contributed by atoms with Gasteiger partial charge in [-0.25, -0.2) is 14.4 Å². The second-order valence-electron chi connectivity index (χ2n) is 7.90. The number of rotatable bonds is 6. The number of aryl methyl sites for hydroxylation is 4. The van der Waals surface area contributed by atoms with Gasteiger partial charge in [-0.05, 0) is 61.4 Å². The van der Waals surface area contributed by atoms with E-state index in [9.17, 15) is 9.18 Å². The van der Waals surface area contributed by atoms with Crippen LogP contribution in [0.2, 0.25) is 0 Å². The van der Waals surface area contributed by atoms with Crippen molar-refractivity contribution in [1.29, 1.82) is 0 Å². The molecule has 5 heteroatoms. The zero-order chi connectivity index (χ0) is 21.1. The van der Waals surface area contributed by atoms with Crippen LogP contribution in [0.5, 0.6) is 0 Å². The molecule has 1 atom stereocenters. The van der Waals surface area contributed by atoms with E-state index in [0.717, 1.165) is 47.5 Å². The number of benzene rings is 2. The van der Waals surface area contributed by atoms with E-state index in [4.69, 9.17) is 9.97 Å². The van der Waals surface area contributed by atoms with Gasteiger partial charge in [0, 0.05) is 11.5 Å². The van der Waals surface area contributed by atoms with Gasteiger partial charge in [-0.15, -0.1) is 0 Å². The fourth-order valence-corrected chi connectivity index (χ4v) is 3.76. The highest BCUT2D eigenvalue weighted by molar-refractivity contribution is 5.92. The molecule has 4 rings (SSSR count). The quantitative estimate of drug-likeness (QED) is 0.619. The van der Waals surface area contributed by atoms with Crippen LogP contribution >= 0.6 is 0 Å². The van der Waals surface area contributed by atoms with Crippen LogP contribution in [0.1, 0.15) is 42.8 Å². The number of anilines is 1. The molecule has 154 valence electrons. The molecule has 1 aliphatic rings. The van der Waals surface area contributed by atoms with Gasteiger partial charge < -0.3 is 5.32 Å². The van der Waals surface area contributed by atoms with Gasteiger partial charge in [-0.1, -0.05) is 44.2 Å². The topological polar surface area (TPSA) is 54.9 Å². The van der Waals surface area contributed by atoms with Gasteiger partial charge in [0.2, 0.25) is 5.91 Å². The van der Waals surface area contributed by atoms with Crippen LogP contribution < -0.4 is 5.32 Å². The highest BCUT2D eigenvalue weighted by Gasteiger charge is 2.23. The number of fused-ring (bicyclic) bond motifs is 3. The average molecular weight is 404 g/mol. The molecule has 3 aromatic rings. The molecule has 0 spiro atoms. The first-order chi connectivity index (χ1) is 14.5.